The molecule has 0 saturated heterocycles. The first kappa shape index (κ1) is 18.8. The lowest BCUT2D eigenvalue weighted by molar-refractivity contribution is -0.137. The minimum absolute atomic E-state index is 0.201. The maximum Gasteiger partial charge on any atom is 0.416 e. The Kier molecular flexibility index (Phi) is 5.90. The average Bonchev–Trinajstić information content (AvgIpc) is 2.93. The molecule has 0 aliphatic carbocycles. The van der Waals surface area contributed by atoms with Crippen LogP contribution in [0, 0.1) is 0 Å². The predicted octanol–water partition coefficient (Wildman–Crippen LogP) is 4.20. The van der Waals surface area contributed by atoms with Crippen molar-refractivity contribution in [3.05, 3.63) is 56.7 Å². The highest BCUT2D eigenvalue weighted by atomic mass is 35.5. The summed E-state index contributed by atoms with van der Waals surface area (Å²) >= 11 is 7.13. The molecule has 0 aliphatic rings. The lowest BCUT2D eigenvalue weighted by Crippen LogP contribution is -2.37. The molecule has 2 rings (SSSR count). The third-order valence-electron chi connectivity index (χ3n) is 3.37. The summed E-state index contributed by atoms with van der Waals surface area (Å²) in [5.41, 5.74) is -0.575. The zero-order chi connectivity index (χ0) is 17.9. The lowest BCUT2D eigenvalue weighted by atomic mass is 10.0. The molecule has 2 unspecified atom stereocenters. The molecule has 1 aromatic heterocycles. The van der Waals surface area contributed by atoms with Crippen LogP contribution < -0.4 is 5.32 Å². The Morgan fingerprint density at radius 2 is 2.04 bits per heavy atom. The summed E-state index contributed by atoms with van der Waals surface area (Å²) in [4.78, 5) is 12.8. The Morgan fingerprint density at radius 3 is 2.62 bits per heavy atom. The van der Waals surface area contributed by atoms with E-state index in [1.165, 1.54) is 23.5 Å². The van der Waals surface area contributed by atoms with Crippen LogP contribution in [0.2, 0.25) is 4.34 Å². The summed E-state index contributed by atoms with van der Waals surface area (Å²) < 4.78 is 38.6. The SMILES string of the molecule is CC(NC(=O)C(O)Cc1cccc(C(F)(F)F)c1)c1ccc(Cl)s1. The summed E-state index contributed by atoms with van der Waals surface area (Å²) in [7, 11) is 0. The topological polar surface area (TPSA) is 49.3 Å². The fraction of sp³-hybridized carbons (Fsp3) is 0.312. The van der Waals surface area contributed by atoms with Crippen molar-refractivity contribution in [3.63, 3.8) is 0 Å². The molecule has 0 radical (unpaired) electrons. The van der Waals surface area contributed by atoms with Gasteiger partial charge >= 0.3 is 6.18 Å². The first-order valence-corrected chi connectivity index (χ1v) is 8.26. The second-order valence-corrected chi connectivity index (χ2v) is 7.04. The van der Waals surface area contributed by atoms with E-state index in [-0.39, 0.29) is 18.0 Å². The van der Waals surface area contributed by atoms with Crippen LogP contribution in [0.3, 0.4) is 0 Å². The molecule has 1 aromatic carbocycles. The van der Waals surface area contributed by atoms with E-state index < -0.39 is 23.8 Å². The van der Waals surface area contributed by atoms with Gasteiger partial charge in [-0.1, -0.05) is 29.8 Å². The molecule has 24 heavy (non-hydrogen) atoms. The van der Waals surface area contributed by atoms with E-state index in [1.54, 1.807) is 19.1 Å². The van der Waals surface area contributed by atoms with Gasteiger partial charge in [-0.2, -0.15) is 13.2 Å². The van der Waals surface area contributed by atoms with E-state index in [0.29, 0.717) is 4.34 Å². The van der Waals surface area contributed by atoms with Crippen molar-refractivity contribution in [2.24, 2.45) is 0 Å². The van der Waals surface area contributed by atoms with Crippen molar-refractivity contribution in [2.45, 2.75) is 31.7 Å². The maximum absolute atomic E-state index is 12.7. The first-order chi connectivity index (χ1) is 11.2. The van der Waals surface area contributed by atoms with Crippen molar-refractivity contribution in [1.29, 1.82) is 0 Å². The number of amides is 1. The van der Waals surface area contributed by atoms with Crippen molar-refractivity contribution in [2.75, 3.05) is 0 Å². The van der Waals surface area contributed by atoms with Gasteiger partial charge in [0.1, 0.15) is 6.10 Å². The van der Waals surface area contributed by atoms with Crippen LogP contribution in [0.5, 0.6) is 0 Å². The Labute approximate surface area is 146 Å². The highest BCUT2D eigenvalue weighted by Gasteiger charge is 2.30. The van der Waals surface area contributed by atoms with E-state index in [9.17, 15) is 23.1 Å². The van der Waals surface area contributed by atoms with Crippen LogP contribution in [0.25, 0.3) is 0 Å². The third kappa shape index (κ3) is 4.96. The molecule has 0 bridgehead atoms. The van der Waals surface area contributed by atoms with E-state index >= 15 is 0 Å². The number of carbonyl (C=O) groups is 1. The van der Waals surface area contributed by atoms with Gasteiger partial charge in [-0.25, -0.2) is 0 Å². The monoisotopic (exact) mass is 377 g/mol. The highest BCUT2D eigenvalue weighted by molar-refractivity contribution is 7.16. The number of alkyl halides is 3. The minimum Gasteiger partial charge on any atom is -0.383 e. The normalized spacial score (nSPS) is 14.2. The fourth-order valence-corrected chi connectivity index (χ4v) is 3.20. The summed E-state index contributed by atoms with van der Waals surface area (Å²) in [5, 5.41) is 12.6. The number of nitrogens with one attached hydrogen (secondary N) is 1. The summed E-state index contributed by atoms with van der Waals surface area (Å²) in [6, 6.07) is 7.66. The molecule has 0 spiro atoms. The molecule has 0 saturated carbocycles. The Morgan fingerprint density at radius 1 is 1.33 bits per heavy atom. The summed E-state index contributed by atoms with van der Waals surface area (Å²) in [6.45, 7) is 1.73. The molecule has 2 N–H and O–H groups in total. The summed E-state index contributed by atoms with van der Waals surface area (Å²) in [6.07, 6.45) is -6.10. The largest absolute Gasteiger partial charge is 0.416 e. The Bertz CT molecular complexity index is 717. The quantitative estimate of drug-likeness (QED) is 0.820. The van der Waals surface area contributed by atoms with Gasteiger partial charge in [-0.15, -0.1) is 11.3 Å². The second kappa shape index (κ2) is 7.55. The molecule has 2 atom stereocenters. The number of benzene rings is 1. The van der Waals surface area contributed by atoms with Crippen molar-refractivity contribution < 1.29 is 23.1 Å². The van der Waals surface area contributed by atoms with Crippen LogP contribution in [0.15, 0.2) is 36.4 Å². The Balaban J connectivity index is 1.99. The average molecular weight is 378 g/mol. The van der Waals surface area contributed by atoms with Crippen LogP contribution in [0.1, 0.15) is 29.0 Å². The van der Waals surface area contributed by atoms with Gasteiger partial charge in [0.25, 0.3) is 0 Å². The Hall–Kier alpha value is -1.57. The van der Waals surface area contributed by atoms with Crippen molar-refractivity contribution in [3.8, 4) is 0 Å². The van der Waals surface area contributed by atoms with Crippen molar-refractivity contribution >= 4 is 28.8 Å². The number of rotatable bonds is 5. The molecular formula is C16H15ClF3NO2S. The molecule has 0 fully saturated rings. The molecule has 2 aromatic rings. The molecule has 0 aliphatic heterocycles. The fourth-order valence-electron chi connectivity index (χ4n) is 2.13. The number of thiophene rings is 1. The number of aliphatic hydroxyl groups is 1. The molecule has 8 heteroatoms. The van der Waals surface area contributed by atoms with E-state index in [1.807, 2.05) is 0 Å². The van der Waals surface area contributed by atoms with Gasteiger partial charge in [0, 0.05) is 11.3 Å². The van der Waals surface area contributed by atoms with Gasteiger partial charge < -0.3 is 10.4 Å². The zero-order valence-electron chi connectivity index (χ0n) is 12.6. The van der Waals surface area contributed by atoms with Crippen LogP contribution in [-0.2, 0) is 17.4 Å². The lowest BCUT2D eigenvalue weighted by Gasteiger charge is -2.16. The number of hydrogen-bond acceptors (Lipinski definition) is 3. The van der Waals surface area contributed by atoms with E-state index in [4.69, 9.17) is 11.6 Å². The molecule has 3 nitrogen and oxygen atoms in total. The predicted molar refractivity (Wildman–Crippen MR) is 87.0 cm³/mol. The van der Waals surface area contributed by atoms with Crippen molar-refractivity contribution in [1.82, 2.24) is 5.32 Å². The van der Waals surface area contributed by atoms with Gasteiger partial charge in [-0.05, 0) is 30.7 Å². The second-order valence-electron chi connectivity index (χ2n) is 5.29. The third-order valence-corrected chi connectivity index (χ3v) is 4.78. The van der Waals surface area contributed by atoms with E-state index in [2.05, 4.69) is 5.32 Å². The van der Waals surface area contributed by atoms with Crippen LogP contribution in [0.4, 0.5) is 13.2 Å². The molecule has 130 valence electrons. The van der Waals surface area contributed by atoms with Crippen LogP contribution in [-0.4, -0.2) is 17.1 Å². The van der Waals surface area contributed by atoms with Gasteiger partial charge in [0.05, 0.1) is 15.9 Å². The van der Waals surface area contributed by atoms with Gasteiger partial charge in [0.2, 0.25) is 5.91 Å². The molecule has 1 heterocycles. The summed E-state index contributed by atoms with van der Waals surface area (Å²) in [5.74, 6) is -0.649. The maximum atomic E-state index is 12.7. The minimum atomic E-state index is -4.46. The van der Waals surface area contributed by atoms with Gasteiger partial charge in [-0.3, -0.25) is 4.79 Å². The first-order valence-electron chi connectivity index (χ1n) is 7.06. The number of hydrogen-bond donors (Lipinski definition) is 2. The van der Waals surface area contributed by atoms with Crippen LogP contribution >= 0.6 is 22.9 Å². The number of carbonyl (C=O) groups excluding carboxylic acids is 1. The molecule has 1 amide bonds. The number of aliphatic hydroxyl groups excluding tert-OH is 1. The zero-order valence-corrected chi connectivity index (χ0v) is 14.2. The number of halogens is 4. The smallest absolute Gasteiger partial charge is 0.383 e. The highest BCUT2D eigenvalue weighted by Crippen LogP contribution is 2.30. The molecular weight excluding hydrogens is 363 g/mol. The van der Waals surface area contributed by atoms with E-state index in [0.717, 1.165) is 17.0 Å². The van der Waals surface area contributed by atoms with Gasteiger partial charge in [0.15, 0.2) is 0 Å². The standard InChI is InChI=1S/C16H15ClF3NO2S/c1-9(13-5-6-14(17)24-13)21-15(23)12(22)8-10-3-2-4-11(7-10)16(18,19)20/h2-7,9,12,22H,8H2,1H3,(H,21,23).